The zero-order chi connectivity index (χ0) is 12.4. The second kappa shape index (κ2) is 4.61. The number of nitrogens with one attached hydrogen (secondary N) is 1. The van der Waals surface area contributed by atoms with Crippen molar-refractivity contribution < 1.29 is 8.78 Å². The maximum Gasteiger partial charge on any atom is 0.297 e. The molecule has 1 N–H and O–H groups in total. The Hall–Kier alpha value is -1.78. The predicted octanol–water partition coefficient (Wildman–Crippen LogP) is 3.31. The number of hydrogen-bond donors (Lipinski definition) is 1. The first-order valence-electron chi connectivity index (χ1n) is 5.42. The molecule has 3 nitrogen and oxygen atoms in total. The van der Waals surface area contributed by atoms with Gasteiger partial charge in [-0.1, -0.05) is 11.6 Å². The summed E-state index contributed by atoms with van der Waals surface area (Å²) in [4.78, 5) is 7.72. The molecule has 0 atom stereocenters. The van der Waals surface area contributed by atoms with Crippen molar-refractivity contribution in [3.8, 4) is 0 Å². The third-order valence-corrected chi connectivity index (χ3v) is 2.41. The average Bonchev–Trinajstić information content (AvgIpc) is 2.29. The van der Waals surface area contributed by atoms with Gasteiger partial charge in [0.05, 0.1) is 5.52 Å². The highest BCUT2D eigenvalue weighted by atomic mass is 19.3. The number of nitrogens with zero attached hydrogens (tertiary/aromatic N) is 2. The smallest absolute Gasteiger partial charge is 0.297 e. The molecule has 0 bridgehead atoms. The van der Waals surface area contributed by atoms with E-state index in [-0.39, 0.29) is 0 Å². The number of aromatic nitrogens is 2. The lowest BCUT2D eigenvalue weighted by molar-refractivity contribution is 0.141. The van der Waals surface area contributed by atoms with Gasteiger partial charge in [0.1, 0.15) is 5.82 Å². The van der Waals surface area contributed by atoms with E-state index in [1.54, 1.807) is 6.07 Å². The molecule has 90 valence electrons. The van der Waals surface area contributed by atoms with Crippen LogP contribution in [0, 0.1) is 6.92 Å². The monoisotopic (exact) mass is 237 g/mol. The molecule has 1 aromatic heterocycles. The van der Waals surface area contributed by atoms with Crippen molar-refractivity contribution >= 4 is 16.7 Å². The normalized spacial score (nSPS) is 11.1. The zero-order valence-corrected chi connectivity index (χ0v) is 9.67. The summed E-state index contributed by atoms with van der Waals surface area (Å²) in [5.74, 6) is 0.0359. The van der Waals surface area contributed by atoms with E-state index >= 15 is 0 Å². The van der Waals surface area contributed by atoms with Gasteiger partial charge in [0.25, 0.3) is 6.43 Å². The van der Waals surface area contributed by atoms with Gasteiger partial charge in [0, 0.05) is 11.9 Å². The molecule has 0 aliphatic heterocycles. The molecule has 0 saturated carbocycles. The number of halogens is 2. The van der Waals surface area contributed by atoms with E-state index in [1.165, 1.54) is 0 Å². The van der Waals surface area contributed by atoms with Gasteiger partial charge in [-0.3, -0.25) is 0 Å². The number of rotatable bonds is 3. The standard InChI is InChI=1S/C12H13F2N3/c1-3-15-11-8-6-7(2)4-5-9(8)16-12(17-11)10(13)14/h4-6,10H,3H2,1-2H3,(H,15,16,17). The van der Waals surface area contributed by atoms with Gasteiger partial charge in [-0.2, -0.15) is 0 Å². The molecule has 0 amide bonds. The molecule has 0 spiro atoms. The van der Waals surface area contributed by atoms with Crippen LogP contribution in [0.3, 0.4) is 0 Å². The van der Waals surface area contributed by atoms with E-state index in [9.17, 15) is 8.78 Å². The Morgan fingerprint density at radius 1 is 1.29 bits per heavy atom. The molecule has 0 aliphatic carbocycles. The van der Waals surface area contributed by atoms with Crippen LogP contribution in [-0.2, 0) is 0 Å². The summed E-state index contributed by atoms with van der Waals surface area (Å²) in [5, 5.41) is 3.76. The Bertz CT molecular complexity index is 541. The highest BCUT2D eigenvalue weighted by molar-refractivity contribution is 5.89. The van der Waals surface area contributed by atoms with E-state index < -0.39 is 12.2 Å². The van der Waals surface area contributed by atoms with Crippen LogP contribution in [0.15, 0.2) is 18.2 Å². The second-order valence-electron chi connectivity index (χ2n) is 3.78. The predicted molar refractivity (Wildman–Crippen MR) is 63.4 cm³/mol. The maximum atomic E-state index is 12.6. The van der Waals surface area contributed by atoms with Crippen molar-refractivity contribution in [3.05, 3.63) is 29.6 Å². The maximum absolute atomic E-state index is 12.6. The fraction of sp³-hybridized carbons (Fsp3) is 0.333. The minimum absolute atomic E-state index is 0.433. The topological polar surface area (TPSA) is 37.8 Å². The number of benzene rings is 1. The highest BCUT2D eigenvalue weighted by Gasteiger charge is 2.14. The van der Waals surface area contributed by atoms with Crippen molar-refractivity contribution in [2.45, 2.75) is 20.3 Å². The van der Waals surface area contributed by atoms with E-state index in [1.807, 2.05) is 26.0 Å². The van der Waals surface area contributed by atoms with Crippen molar-refractivity contribution in [1.29, 1.82) is 0 Å². The summed E-state index contributed by atoms with van der Waals surface area (Å²) in [5.41, 5.74) is 1.59. The van der Waals surface area contributed by atoms with Crippen LogP contribution in [0.5, 0.6) is 0 Å². The van der Waals surface area contributed by atoms with Crippen LogP contribution >= 0.6 is 0 Å². The summed E-state index contributed by atoms with van der Waals surface area (Å²) in [6.07, 6.45) is -2.65. The first-order chi connectivity index (χ1) is 8.11. The molecule has 5 heteroatoms. The minimum Gasteiger partial charge on any atom is -0.370 e. The first-order valence-corrected chi connectivity index (χ1v) is 5.42. The number of fused-ring (bicyclic) bond motifs is 1. The highest BCUT2D eigenvalue weighted by Crippen LogP contribution is 2.25. The lowest BCUT2D eigenvalue weighted by Crippen LogP contribution is -2.05. The quantitative estimate of drug-likeness (QED) is 0.889. The second-order valence-corrected chi connectivity index (χ2v) is 3.78. The fourth-order valence-electron chi connectivity index (χ4n) is 1.66. The summed E-state index contributed by atoms with van der Waals surface area (Å²) in [6, 6.07) is 5.47. The molecule has 0 saturated heterocycles. The SMILES string of the molecule is CCNc1nc(C(F)F)nc2ccc(C)cc12. The molecular weight excluding hydrogens is 224 g/mol. The van der Waals surface area contributed by atoms with Crippen LogP contribution in [0.2, 0.25) is 0 Å². The van der Waals surface area contributed by atoms with Crippen molar-refractivity contribution in [3.63, 3.8) is 0 Å². The number of anilines is 1. The Morgan fingerprint density at radius 2 is 2.06 bits per heavy atom. The first kappa shape index (κ1) is 11.7. The summed E-state index contributed by atoms with van der Waals surface area (Å²) >= 11 is 0. The Balaban J connectivity index is 2.67. The Kier molecular flexibility index (Phi) is 3.17. The third kappa shape index (κ3) is 2.33. The van der Waals surface area contributed by atoms with Gasteiger partial charge in [-0.15, -0.1) is 0 Å². The molecule has 2 rings (SSSR count). The van der Waals surface area contributed by atoms with E-state index in [0.29, 0.717) is 17.9 Å². The van der Waals surface area contributed by atoms with Crippen LogP contribution in [-0.4, -0.2) is 16.5 Å². The molecule has 1 heterocycles. The van der Waals surface area contributed by atoms with E-state index in [2.05, 4.69) is 15.3 Å². The van der Waals surface area contributed by atoms with Gasteiger partial charge >= 0.3 is 0 Å². The van der Waals surface area contributed by atoms with Gasteiger partial charge in [-0.25, -0.2) is 18.7 Å². The molecule has 0 unspecified atom stereocenters. The fourth-order valence-corrected chi connectivity index (χ4v) is 1.66. The summed E-state index contributed by atoms with van der Waals surface area (Å²) in [6.45, 7) is 4.46. The average molecular weight is 237 g/mol. The number of hydrogen-bond acceptors (Lipinski definition) is 3. The van der Waals surface area contributed by atoms with Gasteiger partial charge < -0.3 is 5.32 Å². The van der Waals surface area contributed by atoms with E-state index in [4.69, 9.17) is 0 Å². The van der Waals surface area contributed by atoms with Crippen LogP contribution in [0.4, 0.5) is 14.6 Å². The zero-order valence-electron chi connectivity index (χ0n) is 9.67. The van der Waals surface area contributed by atoms with Gasteiger partial charge in [-0.05, 0) is 26.0 Å². The Morgan fingerprint density at radius 3 is 2.71 bits per heavy atom. The summed E-state index contributed by atoms with van der Waals surface area (Å²) in [7, 11) is 0. The lowest BCUT2D eigenvalue weighted by Gasteiger charge is -2.09. The van der Waals surface area contributed by atoms with Crippen molar-refractivity contribution in [2.75, 3.05) is 11.9 Å². The lowest BCUT2D eigenvalue weighted by atomic mass is 10.1. The minimum atomic E-state index is -2.65. The largest absolute Gasteiger partial charge is 0.370 e. The third-order valence-electron chi connectivity index (χ3n) is 2.41. The van der Waals surface area contributed by atoms with Crippen LogP contribution in [0.1, 0.15) is 24.7 Å². The van der Waals surface area contributed by atoms with Crippen molar-refractivity contribution in [2.24, 2.45) is 0 Å². The Labute approximate surface area is 97.9 Å². The molecule has 0 fully saturated rings. The van der Waals surface area contributed by atoms with Crippen LogP contribution < -0.4 is 5.32 Å². The molecular formula is C12H13F2N3. The van der Waals surface area contributed by atoms with E-state index in [0.717, 1.165) is 10.9 Å². The number of alkyl halides is 2. The molecule has 0 radical (unpaired) electrons. The molecule has 17 heavy (non-hydrogen) atoms. The number of aryl methyl sites for hydroxylation is 1. The van der Waals surface area contributed by atoms with Gasteiger partial charge in [0.15, 0.2) is 5.82 Å². The van der Waals surface area contributed by atoms with Crippen molar-refractivity contribution in [1.82, 2.24) is 9.97 Å². The van der Waals surface area contributed by atoms with Gasteiger partial charge in [0.2, 0.25) is 0 Å². The molecule has 2 aromatic rings. The summed E-state index contributed by atoms with van der Waals surface area (Å²) < 4.78 is 25.3. The molecule has 1 aromatic carbocycles. The molecule has 0 aliphatic rings. The van der Waals surface area contributed by atoms with Crippen LogP contribution in [0.25, 0.3) is 10.9 Å².